The Kier molecular flexibility index (Phi) is 3.77. The monoisotopic (exact) mass is 317 g/mol. The molecule has 0 atom stereocenters. The summed E-state index contributed by atoms with van der Waals surface area (Å²) in [5.41, 5.74) is 1.68. The molecule has 0 unspecified atom stereocenters. The summed E-state index contributed by atoms with van der Waals surface area (Å²) in [6.07, 6.45) is 0. The van der Waals surface area contributed by atoms with E-state index in [2.05, 4.69) is 10.2 Å². The van der Waals surface area contributed by atoms with Crippen molar-refractivity contribution in [1.29, 1.82) is 0 Å². The molecule has 0 saturated heterocycles. The summed E-state index contributed by atoms with van der Waals surface area (Å²) >= 11 is 11.7. The number of hydrogen-bond acceptors (Lipinski definition) is 3. The number of rotatable bonds is 3. The number of ether oxygens (including phenoxy) is 1. The average Bonchev–Trinajstić information content (AvgIpc) is 2.90. The predicted octanol–water partition coefficient (Wildman–Crippen LogP) is 4.26. The van der Waals surface area contributed by atoms with E-state index in [-0.39, 0.29) is 0 Å². The van der Waals surface area contributed by atoms with Gasteiger partial charge in [-0.15, -0.1) is 0 Å². The maximum absolute atomic E-state index is 6.31. The van der Waals surface area contributed by atoms with Crippen LogP contribution in [0, 0.1) is 4.77 Å². The highest BCUT2D eigenvalue weighted by molar-refractivity contribution is 7.71. The van der Waals surface area contributed by atoms with E-state index in [1.807, 2.05) is 36.4 Å². The minimum Gasteiger partial charge on any atom is -0.497 e. The molecule has 0 saturated carbocycles. The number of benzene rings is 2. The number of halogens is 1. The summed E-state index contributed by atoms with van der Waals surface area (Å²) in [5.74, 6) is 1.41. The topological polar surface area (TPSA) is 42.8 Å². The van der Waals surface area contributed by atoms with E-state index < -0.39 is 0 Å². The van der Waals surface area contributed by atoms with Crippen molar-refractivity contribution in [1.82, 2.24) is 14.8 Å². The first kappa shape index (κ1) is 13.9. The van der Waals surface area contributed by atoms with Gasteiger partial charge in [-0.1, -0.05) is 41.9 Å². The molecule has 0 aliphatic carbocycles. The van der Waals surface area contributed by atoms with Crippen LogP contribution in [0.25, 0.3) is 17.1 Å². The van der Waals surface area contributed by atoms with Gasteiger partial charge in [0.25, 0.3) is 0 Å². The fourth-order valence-electron chi connectivity index (χ4n) is 2.09. The molecular formula is C15H12ClN3OS. The van der Waals surface area contributed by atoms with Crippen molar-refractivity contribution < 1.29 is 4.74 Å². The summed E-state index contributed by atoms with van der Waals surface area (Å²) in [5, 5.41) is 7.70. The maximum atomic E-state index is 6.31. The second-order valence-corrected chi connectivity index (χ2v) is 5.17. The van der Waals surface area contributed by atoms with Crippen molar-refractivity contribution in [3.05, 3.63) is 58.3 Å². The van der Waals surface area contributed by atoms with Gasteiger partial charge >= 0.3 is 0 Å². The van der Waals surface area contributed by atoms with Gasteiger partial charge in [0, 0.05) is 11.6 Å². The zero-order valence-electron chi connectivity index (χ0n) is 11.2. The Hall–Kier alpha value is -2.11. The molecule has 6 heteroatoms. The fraction of sp³-hybridized carbons (Fsp3) is 0.0667. The SMILES string of the molecule is COc1ccc(Cl)c(-n2c(-c3ccccc3)n[nH]c2=S)c1. The number of nitrogens with zero attached hydrogens (tertiary/aromatic N) is 2. The average molecular weight is 318 g/mol. The van der Waals surface area contributed by atoms with Crippen LogP contribution in [-0.4, -0.2) is 21.9 Å². The minimum absolute atomic E-state index is 0.476. The van der Waals surface area contributed by atoms with Crippen LogP contribution in [0.3, 0.4) is 0 Å². The van der Waals surface area contributed by atoms with Crippen LogP contribution in [0.1, 0.15) is 0 Å². The standard InChI is InChI=1S/C15H12ClN3OS/c1-20-11-7-8-12(16)13(9-11)19-14(17-18-15(19)21)10-5-3-2-4-6-10/h2-9H,1H3,(H,18,21). The highest BCUT2D eigenvalue weighted by Crippen LogP contribution is 2.29. The third kappa shape index (κ3) is 2.57. The lowest BCUT2D eigenvalue weighted by Crippen LogP contribution is -1.99. The molecule has 4 nitrogen and oxygen atoms in total. The normalized spacial score (nSPS) is 10.6. The van der Waals surface area contributed by atoms with Crippen LogP contribution in [0.15, 0.2) is 48.5 Å². The number of methoxy groups -OCH3 is 1. The van der Waals surface area contributed by atoms with Gasteiger partial charge in [-0.25, -0.2) is 0 Å². The van der Waals surface area contributed by atoms with Crippen molar-refractivity contribution in [2.45, 2.75) is 0 Å². The summed E-state index contributed by atoms with van der Waals surface area (Å²) < 4.78 is 7.53. The van der Waals surface area contributed by atoms with E-state index in [1.54, 1.807) is 23.8 Å². The van der Waals surface area contributed by atoms with E-state index in [9.17, 15) is 0 Å². The van der Waals surface area contributed by atoms with Gasteiger partial charge in [-0.05, 0) is 24.4 Å². The molecule has 0 radical (unpaired) electrons. The number of H-pyrrole nitrogens is 1. The molecule has 21 heavy (non-hydrogen) atoms. The number of aromatic amines is 1. The van der Waals surface area contributed by atoms with E-state index in [0.29, 0.717) is 21.4 Å². The largest absolute Gasteiger partial charge is 0.497 e. The van der Waals surface area contributed by atoms with E-state index in [0.717, 1.165) is 11.3 Å². The van der Waals surface area contributed by atoms with Crippen LogP contribution in [0.5, 0.6) is 5.75 Å². The summed E-state index contributed by atoms with van der Waals surface area (Å²) in [6.45, 7) is 0. The molecule has 0 amide bonds. The number of aromatic nitrogens is 3. The first-order valence-electron chi connectivity index (χ1n) is 6.27. The molecule has 2 aromatic carbocycles. The van der Waals surface area contributed by atoms with Gasteiger partial charge in [-0.2, -0.15) is 5.10 Å². The summed E-state index contributed by atoms with van der Waals surface area (Å²) in [6, 6.07) is 15.2. The Labute approximate surface area is 132 Å². The summed E-state index contributed by atoms with van der Waals surface area (Å²) in [7, 11) is 1.61. The minimum atomic E-state index is 0.476. The van der Waals surface area contributed by atoms with Crippen LogP contribution >= 0.6 is 23.8 Å². The van der Waals surface area contributed by atoms with E-state index >= 15 is 0 Å². The molecule has 0 spiro atoms. The van der Waals surface area contributed by atoms with Crippen molar-refractivity contribution >= 4 is 23.8 Å². The molecule has 1 N–H and O–H groups in total. The van der Waals surface area contributed by atoms with Gasteiger partial charge in [0.05, 0.1) is 17.8 Å². The third-order valence-electron chi connectivity index (χ3n) is 3.10. The molecule has 1 heterocycles. The summed E-state index contributed by atoms with van der Waals surface area (Å²) in [4.78, 5) is 0. The van der Waals surface area contributed by atoms with Gasteiger partial charge < -0.3 is 4.74 Å². The molecule has 0 aliphatic rings. The zero-order chi connectivity index (χ0) is 14.8. The van der Waals surface area contributed by atoms with Gasteiger partial charge in [-0.3, -0.25) is 9.67 Å². The Bertz CT molecular complexity index is 826. The predicted molar refractivity (Wildman–Crippen MR) is 85.7 cm³/mol. The van der Waals surface area contributed by atoms with Crippen molar-refractivity contribution in [3.8, 4) is 22.8 Å². The van der Waals surface area contributed by atoms with E-state index in [4.69, 9.17) is 28.6 Å². The van der Waals surface area contributed by atoms with Crippen molar-refractivity contribution in [3.63, 3.8) is 0 Å². The van der Waals surface area contributed by atoms with E-state index in [1.165, 1.54) is 0 Å². The molecule has 0 fully saturated rings. The molecule has 0 aliphatic heterocycles. The van der Waals surface area contributed by atoms with Crippen LogP contribution in [-0.2, 0) is 0 Å². The molecule has 0 bridgehead atoms. The van der Waals surface area contributed by atoms with Gasteiger partial charge in [0.1, 0.15) is 5.75 Å². The molecule has 3 aromatic rings. The highest BCUT2D eigenvalue weighted by Gasteiger charge is 2.13. The second kappa shape index (κ2) is 5.71. The molecule has 3 rings (SSSR count). The Balaban J connectivity index is 2.25. The fourth-order valence-corrected chi connectivity index (χ4v) is 2.52. The maximum Gasteiger partial charge on any atom is 0.200 e. The first-order chi connectivity index (χ1) is 10.2. The molecule has 106 valence electrons. The Morgan fingerprint density at radius 2 is 1.95 bits per heavy atom. The van der Waals surface area contributed by atoms with Crippen molar-refractivity contribution in [2.24, 2.45) is 0 Å². The van der Waals surface area contributed by atoms with Crippen LogP contribution in [0.2, 0.25) is 5.02 Å². The lowest BCUT2D eigenvalue weighted by Gasteiger charge is -2.10. The number of nitrogens with one attached hydrogen (secondary N) is 1. The second-order valence-electron chi connectivity index (χ2n) is 4.37. The third-order valence-corrected chi connectivity index (χ3v) is 3.69. The van der Waals surface area contributed by atoms with Crippen LogP contribution < -0.4 is 4.74 Å². The smallest absolute Gasteiger partial charge is 0.200 e. The van der Waals surface area contributed by atoms with Gasteiger partial charge in [0.15, 0.2) is 10.6 Å². The van der Waals surface area contributed by atoms with Crippen molar-refractivity contribution in [2.75, 3.05) is 7.11 Å². The molecule has 1 aromatic heterocycles. The zero-order valence-corrected chi connectivity index (χ0v) is 12.8. The van der Waals surface area contributed by atoms with Gasteiger partial charge in [0.2, 0.25) is 0 Å². The van der Waals surface area contributed by atoms with Crippen LogP contribution in [0.4, 0.5) is 0 Å². The quantitative estimate of drug-likeness (QED) is 0.734. The lowest BCUT2D eigenvalue weighted by atomic mass is 10.2. The Morgan fingerprint density at radius 1 is 1.19 bits per heavy atom. The first-order valence-corrected chi connectivity index (χ1v) is 7.06. The Morgan fingerprint density at radius 3 is 2.67 bits per heavy atom. The number of hydrogen-bond donors (Lipinski definition) is 1. The highest BCUT2D eigenvalue weighted by atomic mass is 35.5. The lowest BCUT2D eigenvalue weighted by molar-refractivity contribution is 0.414. The molecular weight excluding hydrogens is 306 g/mol.